The molecule has 0 amide bonds. The maximum absolute atomic E-state index is 13.3. The monoisotopic (exact) mass is 375 g/mol. The highest BCUT2D eigenvalue weighted by molar-refractivity contribution is 5.74. The van der Waals surface area contributed by atoms with Crippen LogP contribution < -0.4 is 0 Å². The number of hydrogen-bond acceptors (Lipinski definition) is 3. The van der Waals surface area contributed by atoms with Gasteiger partial charge in [-0.25, -0.2) is 4.39 Å². The third-order valence-electron chi connectivity index (χ3n) is 6.65. The van der Waals surface area contributed by atoms with E-state index in [9.17, 15) is 9.18 Å². The average molecular weight is 376 g/mol. The Labute approximate surface area is 163 Å². The minimum atomic E-state index is -0.234. The van der Waals surface area contributed by atoms with Gasteiger partial charge in [-0.05, 0) is 74.2 Å². The molecule has 1 aliphatic carbocycles. The average Bonchev–Trinajstić information content (AvgIpc) is 2.62. The number of ether oxygens (including phenoxy) is 1. The summed E-state index contributed by atoms with van der Waals surface area (Å²) in [7, 11) is 2.06. The molecule has 1 aromatic rings. The minimum absolute atomic E-state index is 0.0300. The summed E-state index contributed by atoms with van der Waals surface area (Å²) in [5.41, 5.74) is 1.05. The van der Waals surface area contributed by atoms with Crippen LogP contribution >= 0.6 is 0 Å². The van der Waals surface area contributed by atoms with E-state index in [0.717, 1.165) is 31.4 Å². The summed E-state index contributed by atoms with van der Waals surface area (Å²) in [4.78, 5) is 15.4. The van der Waals surface area contributed by atoms with Crippen LogP contribution in [-0.4, -0.2) is 37.1 Å². The molecule has 0 N–H and O–H groups in total. The van der Waals surface area contributed by atoms with Gasteiger partial charge in [-0.2, -0.15) is 0 Å². The Hall–Kier alpha value is -1.42. The molecule has 150 valence electrons. The van der Waals surface area contributed by atoms with Gasteiger partial charge in [0.05, 0.1) is 5.92 Å². The fourth-order valence-corrected chi connectivity index (χ4v) is 4.95. The lowest BCUT2D eigenvalue weighted by atomic mass is 9.75. The first-order valence-electron chi connectivity index (χ1n) is 10.5. The van der Waals surface area contributed by atoms with E-state index in [2.05, 4.69) is 32.7 Å². The number of esters is 1. The zero-order valence-electron chi connectivity index (χ0n) is 17.2. The maximum Gasteiger partial charge on any atom is 0.311 e. The molecule has 1 aromatic carbocycles. The lowest BCUT2D eigenvalue weighted by Crippen LogP contribution is -2.44. The van der Waals surface area contributed by atoms with Crippen molar-refractivity contribution in [2.24, 2.45) is 23.7 Å². The molecule has 0 aromatic heterocycles. The fraction of sp³-hybridized carbons (Fsp3) is 0.696. The van der Waals surface area contributed by atoms with Crippen LogP contribution in [0, 0.1) is 29.5 Å². The Morgan fingerprint density at radius 1 is 1.19 bits per heavy atom. The predicted octanol–water partition coefficient (Wildman–Crippen LogP) is 4.87. The third-order valence-corrected chi connectivity index (χ3v) is 6.65. The molecule has 2 fully saturated rings. The molecule has 1 heterocycles. The van der Waals surface area contributed by atoms with Crippen molar-refractivity contribution in [3.63, 3.8) is 0 Å². The van der Waals surface area contributed by atoms with Crippen LogP contribution in [-0.2, 0) is 9.53 Å². The van der Waals surface area contributed by atoms with Crippen LogP contribution in [0.4, 0.5) is 4.39 Å². The van der Waals surface area contributed by atoms with Crippen molar-refractivity contribution < 1.29 is 13.9 Å². The van der Waals surface area contributed by atoms with Gasteiger partial charge in [0.25, 0.3) is 0 Å². The van der Waals surface area contributed by atoms with Gasteiger partial charge in [0.2, 0.25) is 0 Å². The number of carbonyl (C=O) groups is 1. The smallest absolute Gasteiger partial charge is 0.311 e. The van der Waals surface area contributed by atoms with Crippen LogP contribution in [0.2, 0.25) is 0 Å². The lowest BCUT2D eigenvalue weighted by molar-refractivity contribution is -0.163. The molecule has 1 saturated heterocycles. The molecular weight excluding hydrogens is 341 g/mol. The van der Waals surface area contributed by atoms with Crippen molar-refractivity contribution >= 4 is 5.97 Å². The number of hydrogen-bond donors (Lipinski definition) is 0. The van der Waals surface area contributed by atoms with Crippen molar-refractivity contribution in [3.8, 4) is 0 Å². The summed E-state index contributed by atoms with van der Waals surface area (Å²) in [6, 6.07) is 6.64. The van der Waals surface area contributed by atoms with Crippen LogP contribution in [0.5, 0.6) is 0 Å². The molecular formula is C23H34FNO2. The van der Waals surface area contributed by atoms with E-state index < -0.39 is 0 Å². The van der Waals surface area contributed by atoms with Gasteiger partial charge in [0.1, 0.15) is 11.9 Å². The van der Waals surface area contributed by atoms with Crippen molar-refractivity contribution in [3.05, 3.63) is 35.6 Å². The normalized spacial score (nSPS) is 32.4. The van der Waals surface area contributed by atoms with Crippen molar-refractivity contribution in [1.29, 1.82) is 0 Å². The maximum atomic E-state index is 13.3. The zero-order valence-corrected chi connectivity index (χ0v) is 17.2. The number of carbonyl (C=O) groups excluding carboxylic acids is 1. The Bertz CT molecular complexity index is 630. The largest absolute Gasteiger partial charge is 0.462 e. The number of benzene rings is 1. The van der Waals surface area contributed by atoms with E-state index in [0.29, 0.717) is 24.3 Å². The second-order valence-electron chi connectivity index (χ2n) is 9.12. The van der Waals surface area contributed by atoms with Crippen molar-refractivity contribution in [1.82, 2.24) is 4.90 Å². The van der Waals surface area contributed by atoms with E-state index in [1.807, 2.05) is 12.1 Å². The van der Waals surface area contributed by atoms with Crippen LogP contribution in [0.25, 0.3) is 0 Å². The summed E-state index contributed by atoms with van der Waals surface area (Å²) in [5.74, 6) is 1.21. The van der Waals surface area contributed by atoms with Crippen molar-refractivity contribution in [2.75, 3.05) is 20.1 Å². The summed E-state index contributed by atoms with van der Waals surface area (Å²) in [6.45, 7) is 8.37. The Morgan fingerprint density at radius 2 is 1.89 bits per heavy atom. The fourth-order valence-electron chi connectivity index (χ4n) is 4.95. The SMILES string of the molecule is CC(C)C1CC[C@@H](C)C[C@H]1OC(=O)[C@@H]1CN(C)CCC1c1ccc(F)cc1. The van der Waals surface area contributed by atoms with Gasteiger partial charge in [-0.1, -0.05) is 39.3 Å². The summed E-state index contributed by atoms with van der Waals surface area (Å²) in [6.07, 6.45) is 4.27. The summed E-state index contributed by atoms with van der Waals surface area (Å²) >= 11 is 0. The molecule has 2 aliphatic rings. The Kier molecular flexibility index (Phi) is 6.56. The van der Waals surface area contributed by atoms with Gasteiger partial charge >= 0.3 is 5.97 Å². The van der Waals surface area contributed by atoms with E-state index >= 15 is 0 Å². The first kappa shape index (κ1) is 20.3. The van der Waals surface area contributed by atoms with Crippen LogP contribution in [0.3, 0.4) is 0 Å². The molecule has 4 heteroatoms. The molecule has 3 nitrogen and oxygen atoms in total. The highest BCUT2D eigenvalue weighted by Crippen LogP contribution is 2.38. The van der Waals surface area contributed by atoms with Gasteiger partial charge in [-0.3, -0.25) is 4.79 Å². The van der Waals surface area contributed by atoms with Gasteiger partial charge < -0.3 is 9.64 Å². The predicted molar refractivity (Wildman–Crippen MR) is 106 cm³/mol. The van der Waals surface area contributed by atoms with E-state index in [-0.39, 0.29) is 29.7 Å². The number of piperidine rings is 1. The number of likely N-dealkylation sites (tertiary alicyclic amines) is 1. The lowest BCUT2D eigenvalue weighted by Gasteiger charge is -2.40. The Morgan fingerprint density at radius 3 is 2.56 bits per heavy atom. The van der Waals surface area contributed by atoms with Gasteiger partial charge in [0, 0.05) is 6.54 Å². The molecule has 5 atom stereocenters. The first-order valence-corrected chi connectivity index (χ1v) is 10.5. The van der Waals surface area contributed by atoms with Crippen molar-refractivity contribution in [2.45, 2.75) is 58.5 Å². The quantitative estimate of drug-likeness (QED) is 0.704. The van der Waals surface area contributed by atoms with E-state index in [1.165, 1.54) is 18.6 Å². The van der Waals surface area contributed by atoms with Crippen LogP contribution in [0.15, 0.2) is 24.3 Å². The topological polar surface area (TPSA) is 29.5 Å². The van der Waals surface area contributed by atoms with Gasteiger partial charge in [-0.15, -0.1) is 0 Å². The molecule has 1 saturated carbocycles. The highest BCUT2D eigenvalue weighted by atomic mass is 19.1. The standard InChI is InChI=1S/C23H34FNO2/c1-15(2)19-10-5-16(3)13-22(19)27-23(26)21-14-25(4)12-11-20(21)17-6-8-18(24)9-7-17/h6-9,15-16,19-22H,5,10-14H2,1-4H3/t16-,19?,20?,21-,22-/m1/s1. The van der Waals surface area contributed by atoms with Gasteiger partial charge in [0.15, 0.2) is 0 Å². The first-order chi connectivity index (χ1) is 12.8. The molecule has 1 aliphatic heterocycles. The zero-order chi connectivity index (χ0) is 19.6. The summed E-state index contributed by atoms with van der Waals surface area (Å²) < 4.78 is 19.5. The van der Waals surface area contributed by atoms with E-state index in [1.54, 1.807) is 0 Å². The highest BCUT2D eigenvalue weighted by Gasteiger charge is 2.39. The molecule has 3 rings (SSSR count). The molecule has 2 unspecified atom stereocenters. The third kappa shape index (κ3) is 4.90. The Balaban J connectivity index is 1.75. The number of halogens is 1. The molecule has 27 heavy (non-hydrogen) atoms. The van der Waals surface area contributed by atoms with Crippen LogP contribution in [0.1, 0.15) is 57.9 Å². The summed E-state index contributed by atoms with van der Waals surface area (Å²) in [5, 5.41) is 0. The molecule has 0 radical (unpaired) electrons. The number of nitrogens with zero attached hydrogens (tertiary/aromatic N) is 1. The molecule has 0 spiro atoms. The molecule has 0 bridgehead atoms. The second-order valence-corrected chi connectivity index (χ2v) is 9.12. The second kappa shape index (κ2) is 8.72. The van der Waals surface area contributed by atoms with E-state index in [4.69, 9.17) is 4.74 Å². The minimum Gasteiger partial charge on any atom is -0.462 e. The number of rotatable bonds is 4.